The predicted octanol–water partition coefficient (Wildman–Crippen LogP) is 4.78. The van der Waals surface area contributed by atoms with Crippen LogP contribution in [0.15, 0.2) is 18.2 Å². The zero-order valence-electron chi connectivity index (χ0n) is 11.4. The van der Waals surface area contributed by atoms with Crippen molar-refractivity contribution in [1.29, 1.82) is 0 Å². The second-order valence-electron chi connectivity index (χ2n) is 4.47. The predicted molar refractivity (Wildman–Crippen MR) is 65.1 cm³/mol. The number of halogens is 6. The third-order valence-electron chi connectivity index (χ3n) is 2.38. The van der Waals surface area contributed by atoms with Crippen LogP contribution in [0, 0.1) is 6.92 Å². The first-order chi connectivity index (χ1) is 8.87. The van der Waals surface area contributed by atoms with E-state index in [1.807, 2.05) is 6.92 Å². The molecule has 0 fully saturated rings. The van der Waals surface area contributed by atoms with Crippen molar-refractivity contribution in [3.05, 3.63) is 34.9 Å². The molecule has 0 saturated heterocycles. The molecule has 0 aliphatic heterocycles. The Bertz CT molecular complexity index is 388. The van der Waals surface area contributed by atoms with E-state index in [1.165, 1.54) is 6.92 Å². The van der Waals surface area contributed by atoms with E-state index in [0.717, 1.165) is 6.42 Å². The van der Waals surface area contributed by atoms with E-state index in [-0.39, 0.29) is 11.6 Å². The van der Waals surface area contributed by atoms with Crippen LogP contribution < -0.4 is 5.73 Å². The Hall–Kier alpha value is -1.24. The van der Waals surface area contributed by atoms with Crippen molar-refractivity contribution in [3.8, 4) is 0 Å². The fourth-order valence-corrected chi connectivity index (χ4v) is 1.11. The minimum atomic E-state index is -4.76. The Morgan fingerprint density at radius 2 is 1.25 bits per heavy atom. The molecule has 0 aromatic heterocycles. The van der Waals surface area contributed by atoms with Crippen LogP contribution in [-0.4, -0.2) is 6.04 Å². The molecule has 20 heavy (non-hydrogen) atoms. The maximum atomic E-state index is 12.2. The molecule has 0 heterocycles. The van der Waals surface area contributed by atoms with E-state index in [1.54, 1.807) is 0 Å². The third kappa shape index (κ3) is 6.79. The molecule has 7 heteroatoms. The first-order valence-electron chi connectivity index (χ1n) is 5.89. The van der Waals surface area contributed by atoms with E-state index < -0.39 is 23.5 Å². The molecule has 1 atom stereocenters. The topological polar surface area (TPSA) is 26.0 Å². The van der Waals surface area contributed by atoms with Gasteiger partial charge in [-0.2, -0.15) is 26.3 Å². The lowest BCUT2D eigenvalue weighted by molar-refractivity contribution is -0.143. The van der Waals surface area contributed by atoms with E-state index in [4.69, 9.17) is 5.73 Å². The lowest BCUT2D eigenvalue weighted by Gasteiger charge is -2.12. The summed E-state index contributed by atoms with van der Waals surface area (Å²) in [5.74, 6) is 0. The Morgan fingerprint density at radius 3 is 1.45 bits per heavy atom. The SMILES string of the molecule is CCC(C)N.Cc1cc(C(F)(F)F)cc(C(F)(F)F)c1. The molecule has 1 rings (SSSR count). The van der Waals surface area contributed by atoms with Crippen LogP contribution in [0.4, 0.5) is 26.3 Å². The molecule has 0 saturated carbocycles. The van der Waals surface area contributed by atoms with Gasteiger partial charge in [0, 0.05) is 6.04 Å². The second-order valence-corrected chi connectivity index (χ2v) is 4.47. The van der Waals surface area contributed by atoms with Crippen molar-refractivity contribution in [2.45, 2.75) is 45.6 Å². The first-order valence-corrected chi connectivity index (χ1v) is 5.89. The summed E-state index contributed by atoms with van der Waals surface area (Å²) in [6, 6.07) is 1.84. The molecule has 0 aliphatic carbocycles. The maximum absolute atomic E-state index is 12.2. The summed E-state index contributed by atoms with van der Waals surface area (Å²) in [6.07, 6.45) is -8.43. The van der Waals surface area contributed by atoms with Crippen LogP contribution in [-0.2, 0) is 12.4 Å². The lowest BCUT2D eigenvalue weighted by atomic mass is 10.1. The van der Waals surface area contributed by atoms with Gasteiger partial charge < -0.3 is 5.73 Å². The van der Waals surface area contributed by atoms with Gasteiger partial charge in [0.15, 0.2) is 0 Å². The second kappa shape index (κ2) is 6.97. The summed E-state index contributed by atoms with van der Waals surface area (Å²) in [5, 5.41) is 0. The molecule has 0 radical (unpaired) electrons. The van der Waals surface area contributed by atoms with Crippen molar-refractivity contribution < 1.29 is 26.3 Å². The van der Waals surface area contributed by atoms with Crippen LogP contribution in [0.1, 0.15) is 37.0 Å². The molecular weight excluding hydrogens is 284 g/mol. The number of rotatable bonds is 1. The number of nitrogens with two attached hydrogens (primary N) is 1. The Balaban J connectivity index is 0.000000621. The summed E-state index contributed by atoms with van der Waals surface area (Å²) in [6.45, 7) is 5.26. The van der Waals surface area contributed by atoms with Crippen molar-refractivity contribution >= 4 is 0 Å². The van der Waals surface area contributed by atoms with Crippen molar-refractivity contribution in [3.63, 3.8) is 0 Å². The first kappa shape index (κ1) is 18.8. The zero-order chi connectivity index (χ0) is 16.1. The van der Waals surface area contributed by atoms with Crippen LogP contribution >= 0.6 is 0 Å². The quantitative estimate of drug-likeness (QED) is 0.742. The Morgan fingerprint density at radius 1 is 0.950 bits per heavy atom. The van der Waals surface area contributed by atoms with Gasteiger partial charge in [-0.3, -0.25) is 0 Å². The van der Waals surface area contributed by atoms with E-state index in [2.05, 4.69) is 6.92 Å². The van der Waals surface area contributed by atoms with Crippen LogP contribution in [0.2, 0.25) is 0 Å². The third-order valence-corrected chi connectivity index (χ3v) is 2.38. The summed E-state index contributed by atoms with van der Waals surface area (Å²) < 4.78 is 73.0. The smallest absolute Gasteiger partial charge is 0.328 e. The summed E-state index contributed by atoms with van der Waals surface area (Å²) in [7, 11) is 0. The monoisotopic (exact) mass is 301 g/mol. The van der Waals surface area contributed by atoms with Crippen LogP contribution in [0.3, 0.4) is 0 Å². The highest BCUT2D eigenvalue weighted by molar-refractivity contribution is 5.32. The highest BCUT2D eigenvalue weighted by Crippen LogP contribution is 2.35. The average Bonchev–Trinajstić information content (AvgIpc) is 2.26. The minimum Gasteiger partial charge on any atom is -0.328 e. The van der Waals surface area contributed by atoms with Gasteiger partial charge in [-0.15, -0.1) is 0 Å². The van der Waals surface area contributed by atoms with Crippen molar-refractivity contribution in [2.75, 3.05) is 0 Å². The number of aryl methyl sites for hydroxylation is 1. The molecular formula is C13H17F6N. The summed E-state index contributed by atoms with van der Waals surface area (Å²) in [5.41, 5.74) is 2.65. The van der Waals surface area contributed by atoms with Crippen molar-refractivity contribution in [2.24, 2.45) is 5.73 Å². The number of benzene rings is 1. The summed E-state index contributed by atoms with van der Waals surface area (Å²) >= 11 is 0. The molecule has 0 spiro atoms. The normalized spacial score (nSPS) is 13.5. The Labute approximate surface area is 113 Å². The minimum absolute atomic E-state index is 0.0721. The number of alkyl halides is 6. The fourth-order valence-electron chi connectivity index (χ4n) is 1.11. The molecule has 0 amide bonds. The van der Waals surface area contributed by atoms with Gasteiger partial charge in [-0.05, 0) is 44.0 Å². The largest absolute Gasteiger partial charge is 0.416 e. The maximum Gasteiger partial charge on any atom is 0.416 e. The molecule has 1 aromatic carbocycles. The molecule has 2 N–H and O–H groups in total. The van der Waals surface area contributed by atoms with Crippen molar-refractivity contribution in [1.82, 2.24) is 0 Å². The standard InChI is InChI=1S/C9H6F6.C4H11N/c1-5-2-6(8(10,11)12)4-7(3-5)9(13,14)15;1-3-4(2)5/h2-4H,1H3;4H,3,5H2,1-2H3. The molecule has 1 aromatic rings. The van der Waals surface area contributed by atoms with Crippen LogP contribution in [0.25, 0.3) is 0 Å². The molecule has 1 unspecified atom stereocenters. The van der Waals surface area contributed by atoms with Gasteiger partial charge in [0.1, 0.15) is 0 Å². The van der Waals surface area contributed by atoms with Gasteiger partial charge in [-0.25, -0.2) is 0 Å². The summed E-state index contributed by atoms with van der Waals surface area (Å²) in [4.78, 5) is 0. The Kier molecular flexibility index (Phi) is 6.53. The number of hydrogen-bond acceptors (Lipinski definition) is 1. The van der Waals surface area contributed by atoms with E-state index >= 15 is 0 Å². The molecule has 0 aliphatic rings. The van der Waals surface area contributed by atoms with Gasteiger partial charge in [0.05, 0.1) is 11.1 Å². The van der Waals surface area contributed by atoms with Gasteiger partial charge in [0.25, 0.3) is 0 Å². The average molecular weight is 301 g/mol. The van der Waals surface area contributed by atoms with E-state index in [9.17, 15) is 26.3 Å². The van der Waals surface area contributed by atoms with E-state index in [0.29, 0.717) is 18.2 Å². The van der Waals surface area contributed by atoms with Gasteiger partial charge in [0.2, 0.25) is 0 Å². The molecule has 116 valence electrons. The van der Waals surface area contributed by atoms with Crippen LogP contribution in [0.5, 0.6) is 0 Å². The molecule has 1 nitrogen and oxygen atoms in total. The lowest BCUT2D eigenvalue weighted by Crippen LogP contribution is -2.11. The molecule has 0 bridgehead atoms. The highest BCUT2D eigenvalue weighted by atomic mass is 19.4. The fraction of sp³-hybridized carbons (Fsp3) is 0.538. The highest BCUT2D eigenvalue weighted by Gasteiger charge is 2.36. The van der Waals surface area contributed by atoms with Gasteiger partial charge >= 0.3 is 12.4 Å². The zero-order valence-corrected chi connectivity index (χ0v) is 11.4. The van der Waals surface area contributed by atoms with Gasteiger partial charge in [-0.1, -0.05) is 6.92 Å². The number of hydrogen-bond donors (Lipinski definition) is 1.